The van der Waals surface area contributed by atoms with Gasteiger partial charge in [0, 0.05) is 29.6 Å². The Morgan fingerprint density at radius 3 is 2.54 bits per heavy atom. The van der Waals surface area contributed by atoms with Crippen LogP contribution in [0.15, 0.2) is 40.9 Å². The average Bonchev–Trinajstić information content (AvgIpc) is 2.93. The van der Waals surface area contributed by atoms with Gasteiger partial charge in [-0.25, -0.2) is 4.98 Å². The highest BCUT2D eigenvalue weighted by atomic mass is 79.9. The molecule has 3 aromatic rings. The van der Waals surface area contributed by atoms with E-state index in [1.165, 1.54) is 5.69 Å². The SMILES string of the molecule is CCCN(CCC)c1cccc2nc(Nc3ccc(Cl)cc3Br)n(C)c12. The van der Waals surface area contributed by atoms with Gasteiger partial charge in [0.05, 0.1) is 22.4 Å². The summed E-state index contributed by atoms with van der Waals surface area (Å²) in [5.41, 5.74) is 4.33. The minimum atomic E-state index is 0.699. The lowest BCUT2D eigenvalue weighted by Gasteiger charge is -2.25. The zero-order chi connectivity index (χ0) is 18.7. The molecular weight excluding hydrogens is 412 g/mol. The minimum Gasteiger partial charge on any atom is -0.370 e. The summed E-state index contributed by atoms with van der Waals surface area (Å²) in [4.78, 5) is 7.26. The van der Waals surface area contributed by atoms with Crippen molar-refractivity contribution in [3.8, 4) is 0 Å². The van der Waals surface area contributed by atoms with Crippen LogP contribution in [0, 0.1) is 0 Å². The van der Waals surface area contributed by atoms with E-state index in [9.17, 15) is 0 Å². The quantitative estimate of drug-likeness (QED) is 0.469. The van der Waals surface area contributed by atoms with Gasteiger partial charge in [-0.3, -0.25) is 0 Å². The molecule has 1 aromatic heterocycles. The molecule has 0 amide bonds. The Bertz CT molecular complexity index is 900. The molecule has 26 heavy (non-hydrogen) atoms. The van der Waals surface area contributed by atoms with Crippen molar-refractivity contribution in [2.24, 2.45) is 7.05 Å². The number of rotatable bonds is 7. The predicted molar refractivity (Wildman–Crippen MR) is 116 cm³/mol. The third-order valence-corrected chi connectivity index (χ3v) is 5.27. The van der Waals surface area contributed by atoms with Crippen molar-refractivity contribution in [2.75, 3.05) is 23.3 Å². The Balaban J connectivity index is 2.04. The van der Waals surface area contributed by atoms with E-state index in [4.69, 9.17) is 16.6 Å². The first kappa shape index (κ1) is 19.1. The molecule has 0 radical (unpaired) electrons. The number of anilines is 3. The molecule has 0 atom stereocenters. The van der Waals surface area contributed by atoms with Crippen molar-refractivity contribution in [3.05, 3.63) is 45.9 Å². The molecule has 0 saturated carbocycles. The Hall–Kier alpha value is -1.72. The van der Waals surface area contributed by atoms with Crippen LogP contribution in [-0.2, 0) is 7.05 Å². The summed E-state index contributed by atoms with van der Waals surface area (Å²) < 4.78 is 3.04. The maximum absolute atomic E-state index is 6.05. The Kier molecular flexibility index (Phi) is 6.09. The number of nitrogens with one attached hydrogen (secondary N) is 1. The fraction of sp³-hybridized carbons (Fsp3) is 0.350. The monoisotopic (exact) mass is 434 g/mol. The van der Waals surface area contributed by atoms with E-state index in [1.54, 1.807) is 0 Å². The van der Waals surface area contributed by atoms with Gasteiger partial charge in [0.2, 0.25) is 5.95 Å². The molecule has 0 bridgehead atoms. The first-order valence-electron chi connectivity index (χ1n) is 8.97. The van der Waals surface area contributed by atoms with Crippen LogP contribution in [0.2, 0.25) is 5.02 Å². The van der Waals surface area contributed by atoms with Crippen LogP contribution >= 0.6 is 27.5 Å². The number of imidazole rings is 1. The van der Waals surface area contributed by atoms with Gasteiger partial charge in [0.1, 0.15) is 0 Å². The van der Waals surface area contributed by atoms with Gasteiger partial charge < -0.3 is 14.8 Å². The number of hydrogen-bond acceptors (Lipinski definition) is 3. The second-order valence-electron chi connectivity index (χ2n) is 6.38. The van der Waals surface area contributed by atoms with Crippen molar-refractivity contribution in [1.82, 2.24) is 9.55 Å². The van der Waals surface area contributed by atoms with Gasteiger partial charge in [-0.05, 0) is 59.1 Å². The van der Waals surface area contributed by atoms with Crippen molar-refractivity contribution in [1.29, 1.82) is 0 Å². The van der Waals surface area contributed by atoms with Crippen LogP contribution in [0.5, 0.6) is 0 Å². The second-order valence-corrected chi connectivity index (χ2v) is 7.67. The highest BCUT2D eigenvalue weighted by Gasteiger charge is 2.16. The fourth-order valence-electron chi connectivity index (χ4n) is 3.22. The van der Waals surface area contributed by atoms with Crippen molar-refractivity contribution in [2.45, 2.75) is 26.7 Å². The number of para-hydroxylation sites is 1. The van der Waals surface area contributed by atoms with E-state index in [0.717, 1.165) is 53.1 Å². The third-order valence-electron chi connectivity index (χ3n) is 4.38. The van der Waals surface area contributed by atoms with Crippen LogP contribution < -0.4 is 10.2 Å². The molecule has 0 aliphatic rings. The van der Waals surface area contributed by atoms with Crippen LogP contribution in [0.4, 0.5) is 17.3 Å². The largest absolute Gasteiger partial charge is 0.370 e. The number of fused-ring (bicyclic) bond motifs is 1. The maximum atomic E-state index is 6.05. The molecule has 3 rings (SSSR count). The van der Waals surface area contributed by atoms with E-state index in [2.05, 4.69) is 69.8 Å². The normalized spacial score (nSPS) is 11.1. The van der Waals surface area contributed by atoms with Gasteiger partial charge in [0.15, 0.2) is 0 Å². The molecule has 0 saturated heterocycles. The molecular formula is C20H24BrClN4. The zero-order valence-corrected chi connectivity index (χ0v) is 17.7. The van der Waals surface area contributed by atoms with Crippen molar-refractivity contribution in [3.63, 3.8) is 0 Å². The molecule has 4 nitrogen and oxygen atoms in total. The predicted octanol–water partition coefficient (Wildman–Crippen LogP) is 6.36. The Morgan fingerprint density at radius 2 is 1.88 bits per heavy atom. The molecule has 0 fully saturated rings. The number of aryl methyl sites for hydroxylation is 1. The first-order valence-corrected chi connectivity index (χ1v) is 10.1. The van der Waals surface area contributed by atoms with Gasteiger partial charge in [-0.2, -0.15) is 0 Å². The standard InChI is InChI=1S/C20H24BrClN4/c1-4-11-26(12-5-2)18-8-6-7-17-19(18)25(3)20(24-17)23-16-10-9-14(22)13-15(16)21/h6-10,13H,4-5,11-12H2,1-3H3,(H,23,24). The molecule has 1 heterocycles. The summed E-state index contributed by atoms with van der Waals surface area (Å²) in [5.74, 6) is 0.809. The van der Waals surface area contributed by atoms with Gasteiger partial charge in [0.25, 0.3) is 0 Å². The summed E-state index contributed by atoms with van der Waals surface area (Å²) >= 11 is 9.61. The minimum absolute atomic E-state index is 0.699. The molecule has 0 unspecified atom stereocenters. The molecule has 1 N–H and O–H groups in total. The van der Waals surface area contributed by atoms with Crippen LogP contribution in [0.25, 0.3) is 11.0 Å². The van der Waals surface area contributed by atoms with E-state index in [0.29, 0.717) is 5.02 Å². The lowest BCUT2D eigenvalue weighted by atomic mass is 10.2. The first-order chi connectivity index (χ1) is 12.5. The Morgan fingerprint density at radius 1 is 1.15 bits per heavy atom. The smallest absolute Gasteiger partial charge is 0.208 e. The second kappa shape index (κ2) is 8.31. The van der Waals surface area contributed by atoms with Crippen molar-refractivity contribution >= 4 is 55.9 Å². The highest BCUT2D eigenvalue weighted by molar-refractivity contribution is 9.10. The number of hydrogen-bond donors (Lipinski definition) is 1. The number of nitrogens with zero attached hydrogens (tertiary/aromatic N) is 3. The summed E-state index contributed by atoms with van der Waals surface area (Å²) in [6.07, 6.45) is 2.24. The lowest BCUT2D eigenvalue weighted by molar-refractivity contribution is 0.745. The van der Waals surface area contributed by atoms with Crippen LogP contribution in [0.1, 0.15) is 26.7 Å². The fourth-order valence-corrected chi connectivity index (χ4v) is 4.00. The van der Waals surface area contributed by atoms with E-state index >= 15 is 0 Å². The number of benzene rings is 2. The molecule has 2 aromatic carbocycles. The summed E-state index contributed by atoms with van der Waals surface area (Å²) in [6.45, 7) is 6.53. The molecule has 6 heteroatoms. The van der Waals surface area contributed by atoms with Crippen LogP contribution in [-0.4, -0.2) is 22.6 Å². The summed E-state index contributed by atoms with van der Waals surface area (Å²) in [7, 11) is 2.06. The van der Waals surface area contributed by atoms with Gasteiger partial charge in [-0.15, -0.1) is 0 Å². The molecule has 0 spiro atoms. The summed E-state index contributed by atoms with van der Waals surface area (Å²) in [5, 5.41) is 4.11. The Labute approximate surface area is 168 Å². The van der Waals surface area contributed by atoms with Crippen LogP contribution in [0.3, 0.4) is 0 Å². The number of aromatic nitrogens is 2. The van der Waals surface area contributed by atoms with E-state index < -0.39 is 0 Å². The highest BCUT2D eigenvalue weighted by Crippen LogP contribution is 2.32. The topological polar surface area (TPSA) is 33.1 Å². The molecule has 0 aliphatic heterocycles. The van der Waals surface area contributed by atoms with Crippen molar-refractivity contribution < 1.29 is 0 Å². The van der Waals surface area contributed by atoms with E-state index in [-0.39, 0.29) is 0 Å². The number of halogens is 2. The lowest BCUT2D eigenvalue weighted by Crippen LogP contribution is -2.25. The third kappa shape index (κ3) is 3.84. The van der Waals surface area contributed by atoms with E-state index in [1.807, 2.05) is 18.2 Å². The molecule has 138 valence electrons. The van der Waals surface area contributed by atoms with Gasteiger partial charge in [-0.1, -0.05) is 31.5 Å². The summed E-state index contributed by atoms with van der Waals surface area (Å²) in [6, 6.07) is 12.0. The molecule has 0 aliphatic carbocycles. The zero-order valence-electron chi connectivity index (χ0n) is 15.4. The maximum Gasteiger partial charge on any atom is 0.208 e. The average molecular weight is 436 g/mol. The van der Waals surface area contributed by atoms with Gasteiger partial charge >= 0.3 is 0 Å².